The number of rotatable bonds is 1. The summed E-state index contributed by atoms with van der Waals surface area (Å²) in [5.74, 6) is -1.07. The van der Waals surface area contributed by atoms with Crippen molar-refractivity contribution in [3.05, 3.63) is 33.8 Å². The number of benzene rings is 1. The van der Waals surface area contributed by atoms with Crippen molar-refractivity contribution in [2.24, 2.45) is 0 Å². The standard InChI is InChI=1S/C7H4Cl2O2.Na/c8-5-3-1-2-4(6(5)9)7(10)11;/h1-3H,(H,10,11);. The van der Waals surface area contributed by atoms with Gasteiger partial charge in [0, 0.05) is 29.6 Å². The monoisotopic (exact) mass is 213 g/mol. The number of aromatic carboxylic acids is 1. The van der Waals surface area contributed by atoms with Gasteiger partial charge in [0.25, 0.3) is 0 Å². The fourth-order valence-electron chi connectivity index (χ4n) is 0.669. The van der Waals surface area contributed by atoms with Crippen LogP contribution in [0.4, 0.5) is 0 Å². The zero-order valence-corrected chi connectivity index (χ0v) is 9.86. The quantitative estimate of drug-likeness (QED) is 0.728. The molecule has 0 spiro atoms. The summed E-state index contributed by atoms with van der Waals surface area (Å²) < 4.78 is 0. The van der Waals surface area contributed by atoms with Crippen LogP contribution in [0.25, 0.3) is 0 Å². The van der Waals surface area contributed by atoms with Gasteiger partial charge in [-0.1, -0.05) is 29.3 Å². The number of hydrogen-bond donors (Lipinski definition) is 1. The van der Waals surface area contributed by atoms with Gasteiger partial charge in [-0.25, -0.2) is 4.79 Å². The molecule has 1 aromatic rings. The third-order valence-electron chi connectivity index (χ3n) is 1.18. The smallest absolute Gasteiger partial charge is 0.337 e. The van der Waals surface area contributed by atoms with E-state index in [2.05, 4.69) is 0 Å². The molecule has 0 bridgehead atoms. The summed E-state index contributed by atoms with van der Waals surface area (Å²) in [6.07, 6.45) is 0. The summed E-state index contributed by atoms with van der Waals surface area (Å²) in [6, 6.07) is 4.48. The predicted octanol–water partition coefficient (Wildman–Crippen LogP) is 2.31. The van der Waals surface area contributed by atoms with E-state index in [9.17, 15) is 4.79 Å². The molecule has 1 radical (unpaired) electrons. The largest absolute Gasteiger partial charge is 0.478 e. The third-order valence-corrected chi connectivity index (χ3v) is 2.00. The van der Waals surface area contributed by atoms with E-state index in [0.29, 0.717) is 0 Å². The SMILES string of the molecule is O=C(O)c1cccc(Cl)c1Cl.[Na]. The Morgan fingerprint density at radius 3 is 2.33 bits per heavy atom. The number of carboxylic acids is 1. The van der Waals surface area contributed by atoms with E-state index in [1.54, 1.807) is 0 Å². The zero-order chi connectivity index (χ0) is 8.43. The molecule has 0 saturated heterocycles. The molecule has 59 valence electrons. The van der Waals surface area contributed by atoms with Gasteiger partial charge in [0.05, 0.1) is 15.6 Å². The number of hydrogen-bond acceptors (Lipinski definition) is 1. The van der Waals surface area contributed by atoms with Crippen LogP contribution in [0.1, 0.15) is 10.4 Å². The zero-order valence-electron chi connectivity index (χ0n) is 6.34. The average molecular weight is 214 g/mol. The summed E-state index contributed by atoms with van der Waals surface area (Å²) in [5.41, 5.74) is 0.0270. The third kappa shape index (κ3) is 2.64. The van der Waals surface area contributed by atoms with Gasteiger partial charge >= 0.3 is 5.97 Å². The first-order chi connectivity index (χ1) is 5.13. The van der Waals surface area contributed by atoms with Crippen LogP contribution >= 0.6 is 23.2 Å². The van der Waals surface area contributed by atoms with Crippen molar-refractivity contribution in [1.82, 2.24) is 0 Å². The van der Waals surface area contributed by atoms with Gasteiger partial charge < -0.3 is 5.11 Å². The van der Waals surface area contributed by atoms with E-state index in [0.717, 1.165) is 0 Å². The molecule has 12 heavy (non-hydrogen) atoms. The van der Waals surface area contributed by atoms with Gasteiger partial charge in [0.2, 0.25) is 0 Å². The average Bonchev–Trinajstić information content (AvgIpc) is 1.94. The molecule has 0 aliphatic carbocycles. The van der Waals surface area contributed by atoms with Crippen LogP contribution in [0.5, 0.6) is 0 Å². The second-order valence-corrected chi connectivity index (χ2v) is 2.69. The van der Waals surface area contributed by atoms with Crippen molar-refractivity contribution in [2.75, 3.05) is 0 Å². The fraction of sp³-hybridized carbons (Fsp3) is 0. The Morgan fingerprint density at radius 2 is 1.92 bits per heavy atom. The fourth-order valence-corrected chi connectivity index (χ4v) is 1.05. The number of halogens is 2. The summed E-state index contributed by atoms with van der Waals surface area (Å²) in [4.78, 5) is 10.4. The van der Waals surface area contributed by atoms with Crippen molar-refractivity contribution in [1.29, 1.82) is 0 Å². The molecule has 1 aromatic carbocycles. The first-order valence-electron chi connectivity index (χ1n) is 2.80. The van der Waals surface area contributed by atoms with Crippen molar-refractivity contribution in [2.45, 2.75) is 0 Å². The van der Waals surface area contributed by atoms with Crippen molar-refractivity contribution < 1.29 is 9.90 Å². The molecule has 0 atom stereocenters. The Kier molecular flexibility index (Phi) is 5.21. The molecule has 0 fully saturated rings. The van der Waals surface area contributed by atoms with Gasteiger partial charge in [-0.3, -0.25) is 0 Å². The molecule has 0 amide bonds. The topological polar surface area (TPSA) is 37.3 Å². The first-order valence-corrected chi connectivity index (χ1v) is 3.56. The maximum atomic E-state index is 10.4. The Hall–Kier alpha value is 0.270. The van der Waals surface area contributed by atoms with Gasteiger partial charge in [-0.2, -0.15) is 0 Å². The van der Waals surface area contributed by atoms with Crippen LogP contribution in [0, 0.1) is 0 Å². The molecule has 0 unspecified atom stereocenters. The Balaban J connectivity index is 0.00000121. The van der Waals surface area contributed by atoms with Crippen LogP contribution in [0.2, 0.25) is 10.0 Å². The minimum atomic E-state index is -1.07. The van der Waals surface area contributed by atoms with Crippen molar-refractivity contribution in [3.63, 3.8) is 0 Å². The molecular weight excluding hydrogens is 210 g/mol. The predicted molar refractivity (Wildman–Crippen MR) is 49.2 cm³/mol. The van der Waals surface area contributed by atoms with E-state index in [4.69, 9.17) is 28.3 Å². The van der Waals surface area contributed by atoms with Crippen LogP contribution in [0.15, 0.2) is 18.2 Å². The molecule has 5 heteroatoms. The summed E-state index contributed by atoms with van der Waals surface area (Å²) in [5, 5.41) is 8.89. The van der Waals surface area contributed by atoms with Gasteiger partial charge in [-0.15, -0.1) is 0 Å². The second-order valence-electron chi connectivity index (χ2n) is 1.91. The molecule has 0 aliphatic rings. The Labute approximate surface area is 102 Å². The summed E-state index contributed by atoms with van der Waals surface area (Å²) >= 11 is 11.1. The van der Waals surface area contributed by atoms with Gasteiger partial charge in [0.1, 0.15) is 0 Å². The van der Waals surface area contributed by atoms with Crippen molar-refractivity contribution >= 4 is 58.7 Å². The number of carbonyl (C=O) groups is 1. The van der Waals surface area contributed by atoms with E-state index < -0.39 is 5.97 Å². The van der Waals surface area contributed by atoms with Gasteiger partial charge in [0.15, 0.2) is 0 Å². The first kappa shape index (κ1) is 12.3. The molecule has 0 aliphatic heterocycles. The van der Waals surface area contributed by atoms with Crippen LogP contribution in [-0.2, 0) is 0 Å². The second kappa shape index (κ2) is 5.10. The van der Waals surface area contributed by atoms with Crippen LogP contribution < -0.4 is 0 Å². The van der Waals surface area contributed by atoms with E-state index in [1.165, 1.54) is 18.2 Å². The molecule has 0 aromatic heterocycles. The normalized spacial score (nSPS) is 8.83. The summed E-state index contributed by atoms with van der Waals surface area (Å²) in [7, 11) is 0. The van der Waals surface area contributed by atoms with Gasteiger partial charge in [-0.05, 0) is 12.1 Å². The molecular formula is C7H4Cl2NaO2. The molecule has 0 saturated carbocycles. The maximum absolute atomic E-state index is 10.4. The minimum absolute atomic E-state index is 0. The Morgan fingerprint density at radius 1 is 1.33 bits per heavy atom. The van der Waals surface area contributed by atoms with Crippen molar-refractivity contribution in [3.8, 4) is 0 Å². The number of carboxylic acid groups (broad SMARTS) is 1. The van der Waals surface area contributed by atoms with Crippen LogP contribution in [0.3, 0.4) is 0 Å². The molecule has 0 heterocycles. The molecule has 1 N–H and O–H groups in total. The minimum Gasteiger partial charge on any atom is -0.478 e. The molecule has 1 rings (SSSR count). The van der Waals surface area contributed by atoms with E-state index in [1.807, 2.05) is 0 Å². The van der Waals surface area contributed by atoms with E-state index in [-0.39, 0.29) is 45.2 Å². The Bertz CT molecular complexity index is 301. The summed E-state index contributed by atoms with van der Waals surface area (Å²) in [6.45, 7) is 0. The molecule has 2 nitrogen and oxygen atoms in total. The van der Waals surface area contributed by atoms with Crippen LogP contribution in [-0.4, -0.2) is 40.6 Å². The van der Waals surface area contributed by atoms with E-state index >= 15 is 0 Å². The maximum Gasteiger partial charge on any atom is 0.337 e.